The molecule has 4 heterocycles. The third kappa shape index (κ3) is 3.94. The number of piperazine rings is 1. The molecule has 2 N–H and O–H groups in total. The summed E-state index contributed by atoms with van der Waals surface area (Å²) in [5, 5.41) is 19.2. The molecule has 10 heteroatoms. The van der Waals surface area contributed by atoms with Crippen LogP contribution in [0.3, 0.4) is 0 Å². The van der Waals surface area contributed by atoms with Crippen LogP contribution in [0.5, 0.6) is 0 Å². The third-order valence-electron chi connectivity index (χ3n) is 6.28. The van der Waals surface area contributed by atoms with Crippen molar-refractivity contribution in [2.75, 3.05) is 49.6 Å². The summed E-state index contributed by atoms with van der Waals surface area (Å²) < 4.78 is 7.22. The van der Waals surface area contributed by atoms with Crippen LogP contribution < -0.4 is 10.2 Å². The van der Waals surface area contributed by atoms with Gasteiger partial charge in [0, 0.05) is 44.8 Å². The number of hydrogen-bond acceptors (Lipinski definition) is 8. The van der Waals surface area contributed by atoms with Crippen LogP contribution in [0.2, 0.25) is 5.02 Å². The lowest BCUT2D eigenvalue weighted by Crippen LogP contribution is -2.53. The number of hydrogen-bond donors (Lipinski definition) is 2. The normalized spacial score (nSPS) is 22.4. The van der Waals surface area contributed by atoms with Crippen LogP contribution in [0, 0.1) is 6.92 Å². The molecular weight excluding hydrogens is 418 g/mol. The molecule has 0 radical (unpaired) electrons. The second kappa shape index (κ2) is 8.23. The number of nitrogens with zero attached hydrogens (tertiary/aromatic N) is 6. The van der Waals surface area contributed by atoms with E-state index >= 15 is 0 Å². The maximum absolute atomic E-state index is 10.1. The minimum absolute atomic E-state index is 0.0894. The van der Waals surface area contributed by atoms with Crippen molar-refractivity contribution in [1.29, 1.82) is 0 Å². The predicted molar refractivity (Wildman–Crippen MR) is 120 cm³/mol. The summed E-state index contributed by atoms with van der Waals surface area (Å²) in [5.74, 6) is 0.525. The molecule has 1 aromatic carbocycles. The van der Waals surface area contributed by atoms with Gasteiger partial charge in [-0.2, -0.15) is 5.10 Å². The number of ether oxygens (including phenoxy) is 1. The lowest BCUT2D eigenvalue weighted by atomic mass is 10.1. The van der Waals surface area contributed by atoms with Crippen LogP contribution in [-0.4, -0.2) is 81.3 Å². The highest BCUT2D eigenvalue weighted by Gasteiger charge is 2.33. The fourth-order valence-electron chi connectivity index (χ4n) is 4.26. The second-order valence-electron chi connectivity index (χ2n) is 8.14. The molecule has 31 heavy (non-hydrogen) atoms. The zero-order valence-corrected chi connectivity index (χ0v) is 18.4. The summed E-state index contributed by atoms with van der Waals surface area (Å²) in [6.45, 7) is 6.40. The van der Waals surface area contributed by atoms with Gasteiger partial charge in [0.2, 0.25) is 5.95 Å². The second-order valence-corrected chi connectivity index (χ2v) is 8.55. The first kappa shape index (κ1) is 20.4. The van der Waals surface area contributed by atoms with E-state index in [1.165, 1.54) is 0 Å². The van der Waals surface area contributed by atoms with Crippen LogP contribution in [0.15, 0.2) is 24.5 Å². The fraction of sp³-hybridized carbons (Fsp3) is 0.476. The number of aryl methyl sites for hydroxylation is 1. The molecule has 2 atom stereocenters. The Morgan fingerprint density at radius 1 is 1.16 bits per heavy atom. The molecule has 9 nitrogen and oxygen atoms in total. The molecule has 2 aromatic heterocycles. The highest BCUT2D eigenvalue weighted by molar-refractivity contribution is 6.34. The monoisotopic (exact) mass is 443 g/mol. The summed E-state index contributed by atoms with van der Waals surface area (Å²) >= 11 is 6.62. The van der Waals surface area contributed by atoms with Crippen LogP contribution in [-0.2, 0) is 11.8 Å². The van der Waals surface area contributed by atoms with Crippen molar-refractivity contribution < 1.29 is 9.84 Å². The Morgan fingerprint density at radius 2 is 1.97 bits per heavy atom. The molecule has 164 valence electrons. The van der Waals surface area contributed by atoms with E-state index in [1.54, 1.807) is 17.1 Å². The van der Waals surface area contributed by atoms with Crippen molar-refractivity contribution in [3.63, 3.8) is 0 Å². The van der Waals surface area contributed by atoms with Gasteiger partial charge in [0.05, 0.1) is 59.2 Å². The number of nitrogens with one attached hydrogen (secondary N) is 1. The molecular formula is C21H26ClN7O2. The number of aliphatic hydroxyl groups is 1. The third-order valence-corrected chi connectivity index (χ3v) is 6.58. The largest absolute Gasteiger partial charge is 0.389 e. The summed E-state index contributed by atoms with van der Waals surface area (Å²) in [6.07, 6.45) is 3.15. The molecule has 2 fully saturated rings. The van der Waals surface area contributed by atoms with E-state index in [2.05, 4.69) is 25.2 Å². The van der Waals surface area contributed by atoms with Gasteiger partial charge in [-0.15, -0.1) is 0 Å². The smallest absolute Gasteiger partial charge is 0.227 e. The average Bonchev–Trinajstić information content (AvgIpc) is 3.34. The molecule has 0 bridgehead atoms. The van der Waals surface area contributed by atoms with E-state index in [-0.39, 0.29) is 6.04 Å². The van der Waals surface area contributed by atoms with E-state index in [1.807, 2.05) is 26.1 Å². The fourth-order valence-corrected chi connectivity index (χ4v) is 4.55. The molecule has 0 spiro atoms. The number of rotatable bonds is 4. The molecule has 0 saturated carbocycles. The number of aromatic nitrogens is 4. The topological polar surface area (TPSA) is 91.6 Å². The number of aliphatic hydroxyl groups excluding tert-OH is 1. The number of halogens is 1. The Bertz CT molecular complexity index is 1100. The quantitative estimate of drug-likeness (QED) is 0.632. The summed E-state index contributed by atoms with van der Waals surface area (Å²) in [4.78, 5) is 13.7. The van der Waals surface area contributed by atoms with E-state index < -0.39 is 6.10 Å². The molecule has 0 aliphatic carbocycles. The minimum atomic E-state index is -0.401. The Balaban J connectivity index is 1.35. The molecule has 2 aliphatic rings. The molecule has 2 aliphatic heterocycles. The lowest BCUT2D eigenvalue weighted by molar-refractivity contribution is 0.0785. The highest BCUT2D eigenvalue weighted by atomic mass is 35.5. The minimum Gasteiger partial charge on any atom is -0.389 e. The standard InChI is InChI=1S/C21H26ClN7O2/c1-13-17(10-24-27(13)2)26-21-23-9-14-7-15(22)18(8-16(14)25-21)28-3-5-29(6-4-28)19-11-31-12-20(19)30/h7-10,19-20,30H,3-6,11-12H2,1-2H3,(H,23,25,26). The Labute approximate surface area is 185 Å². The predicted octanol–water partition coefficient (Wildman–Crippen LogP) is 1.95. The number of anilines is 3. The molecule has 3 aromatic rings. The maximum Gasteiger partial charge on any atom is 0.227 e. The lowest BCUT2D eigenvalue weighted by Gasteiger charge is -2.39. The van der Waals surface area contributed by atoms with Crippen molar-refractivity contribution in [3.05, 3.63) is 35.2 Å². The van der Waals surface area contributed by atoms with Gasteiger partial charge in [-0.1, -0.05) is 11.6 Å². The van der Waals surface area contributed by atoms with Crippen molar-refractivity contribution >= 4 is 39.8 Å². The number of benzene rings is 1. The van der Waals surface area contributed by atoms with Crippen LogP contribution in [0.4, 0.5) is 17.3 Å². The first-order chi connectivity index (χ1) is 15.0. The SMILES string of the molecule is Cc1c(Nc2ncc3cc(Cl)c(N4CCN(C5COCC5O)CC4)cc3n2)cnn1C. The zero-order valence-electron chi connectivity index (χ0n) is 17.6. The first-order valence-electron chi connectivity index (χ1n) is 10.5. The van der Waals surface area contributed by atoms with Crippen molar-refractivity contribution in [2.45, 2.75) is 19.1 Å². The molecule has 0 amide bonds. The van der Waals surface area contributed by atoms with Gasteiger partial charge >= 0.3 is 0 Å². The number of fused-ring (bicyclic) bond motifs is 1. The van der Waals surface area contributed by atoms with Gasteiger partial charge in [-0.3, -0.25) is 9.58 Å². The van der Waals surface area contributed by atoms with Crippen LogP contribution in [0.1, 0.15) is 5.69 Å². The van der Waals surface area contributed by atoms with Gasteiger partial charge in [0.1, 0.15) is 0 Å². The van der Waals surface area contributed by atoms with Crippen molar-refractivity contribution in [2.24, 2.45) is 7.05 Å². The molecule has 2 unspecified atom stereocenters. The van der Waals surface area contributed by atoms with Crippen LogP contribution >= 0.6 is 11.6 Å². The zero-order chi connectivity index (χ0) is 21.5. The summed E-state index contributed by atoms with van der Waals surface area (Å²) in [6, 6.07) is 4.04. The summed E-state index contributed by atoms with van der Waals surface area (Å²) in [5.41, 5.74) is 3.70. The maximum atomic E-state index is 10.1. The highest BCUT2D eigenvalue weighted by Crippen LogP contribution is 2.32. The van der Waals surface area contributed by atoms with E-state index in [9.17, 15) is 5.11 Å². The van der Waals surface area contributed by atoms with Gasteiger partial charge in [0.25, 0.3) is 0 Å². The Morgan fingerprint density at radius 3 is 2.65 bits per heavy atom. The van der Waals surface area contributed by atoms with E-state index in [0.29, 0.717) is 24.2 Å². The van der Waals surface area contributed by atoms with Gasteiger partial charge in [-0.05, 0) is 19.1 Å². The average molecular weight is 444 g/mol. The Kier molecular flexibility index (Phi) is 5.43. The van der Waals surface area contributed by atoms with E-state index in [4.69, 9.17) is 21.3 Å². The Hall–Kier alpha value is -2.46. The van der Waals surface area contributed by atoms with Crippen molar-refractivity contribution in [1.82, 2.24) is 24.6 Å². The van der Waals surface area contributed by atoms with Crippen molar-refractivity contribution in [3.8, 4) is 0 Å². The van der Waals surface area contributed by atoms with Gasteiger partial charge in [-0.25, -0.2) is 9.97 Å². The van der Waals surface area contributed by atoms with Gasteiger partial charge in [0.15, 0.2) is 0 Å². The van der Waals surface area contributed by atoms with E-state index in [0.717, 1.165) is 54.2 Å². The van der Waals surface area contributed by atoms with Crippen LogP contribution in [0.25, 0.3) is 10.9 Å². The molecule has 2 saturated heterocycles. The molecule has 5 rings (SSSR count). The van der Waals surface area contributed by atoms with Gasteiger partial charge < -0.3 is 20.1 Å². The summed E-state index contributed by atoms with van der Waals surface area (Å²) in [7, 11) is 1.90. The first-order valence-corrected chi connectivity index (χ1v) is 10.8.